The molecule has 0 nitrogen and oxygen atoms in total. The highest BCUT2D eigenvalue weighted by molar-refractivity contribution is 5.64. The molecule has 0 saturated heterocycles. The van der Waals surface area contributed by atoms with Crippen LogP contribution in [0.15, 0.2) is 23.3 Å². The minimum Gasteiger partial charge on any atom is -0.0758 e. The zero-order valence-corrected chi connectivity index (χ0v) is 12.0. The van der Waals surface area contributed by atoms with E-state index in [-0.39, 0.29) is 0 Å². The van der Waals surface area contributed by atoms with Crippen LogP contribution in [0.4, 0.5) is 0 Å². The van der Waals surface area contributed by atoms with Gasteiger partial charge in [-0.05, 0) is 63.3 Å². The largest absolute Gasteiger partial charge is 0.0758 e. The molecule has 0 unspecified atom stereocenters. The van der Waals surface area contributed by atoms with E-state index < -0.39 is 0 Å². The molecule has 0 radical (unpaired) electrons. The Bertz CT molecular complexity index is 455. The molecule has 0 amide bonds. The van der Waals surface area contributed by atoms with Crippen molar-refractivity contribution in [2.45, 2.75) is 48.0 Å². The smallest absolute Gasteiger partial charge is 0.0225 e. The Hall–Kier alpha value is -1.30. The summed E-state index contributed by atoms with van der Waals surface area (Å²) in [5.74, 6) is 0. The van der Waals surface area contributed by atoms with Crippen molar-refractivity contribution in [3.05, 3.63) is 45.5 Å². The van der Waals surface area contributed by atoms with Crippen LogP contribution in [0.5, 0.6) is 0 Å². The Morgan fingerprint density at radius 3 is 1.82 bits per heavy atom. The first-order chi connectivity index (χ1) is 7.93. The summed E-state index contributed by atoms with van der Waals surface area (Å²) in [6.07, 6.45) is 5.67. The molecular formula is C17H24. The second kappa shape index (κ2) is 5.86. The molecule has 0 aromatic heterocycles. The van der Waals surface area contributed by atoms with E-state index >= 15 is 0 Å². The summed E-state index contributed by atoms with van der Waals surface area (Å²) < 4.78 is 0. The van der Waals surface area contributed by atoms with Crippen molar-refractivity contribution in [2.75, 3.05) is 0 Å². The zero-order chi connectivity index (χ0) is 13.0. The summed E-state index contributed by atoms with van der Waals surface area (Å²) in [6.45, 7) is 13.1. The van der Waals surface area contributed by atoms with Crippen LogP contribution in [0.25, 0.3) is 12.2 Å². The summed E-state index contributed by atoms with van der Waals surface area (Å²) in [5, 5.41) is 0. The van der Waals surface area contributed by atoms with Crippen molar-refractivity contribution in [1.82, 2.24) is 0 Å². The molecule has 0 bridgehead atoms. The van der Waals surface area contributed by atoms with Crippen LogP contribution >= 0.6 is 0 Å². The van der Waals surface area contributed by atoms with E-state index in [9.17, 15) is 0 Å². The maximum atomic E-state index is 2.30. The van der Waals surface area contributed by atoms with Crippen LogP contribution in [0.2, 0.25) is 0 Å². The van der Waals surface area contributed by atoms with Crippen molar-refractivity contribution in [1.29, 1.82) is 0 Å². The summed E-state index contributed by atoms with van der Waals surface area (Å²) in [5.41, 5.74) is 8.19. The topological polar surface area (TPSA) is 0 Å². The van der Waals surface area contributed by atoms with Crippen LogP contribution in [0, 0.1) is 13.8 Å². The fourth-order valence-electron chi connectivity index (χ4n) is 1.85. The van der Waals surface area contributed by atoms with E-state index in [0.29, 0.717) is 0 Å². The van der Waals surface area contributed by atoms with Crippen LogP contribution in [-0.2, 0) is 0 Å². The molecule has 0 fully saturated rings. The first kappa shape index (κ1) is 13.8. The van der Waals surface area contributed by atoms with Gasteiger partial charge in [-0.3, -0.25) is 0 Å². The van der Waals surface area contributed by atoms with Crippen LogP contribution in [0.3, 0.4) is 0 Å². The molecule has 1 rings (SSSR count). The number of allylic oxidation sites excluding steroid dienone is 2. The molecule has 0 aliphatic rings. The third-order valence-corrected chi connectivity index (χ3v) is 3.06. The predicted molar refractivity (Wildman–Crippen MR) is 79.2 cm³/mol. The van der Waals surface area contributed by atoms with Crippen molar-refractivity contribution < 1.29 is 0 Å². The van der Waals surface area contributed by atoms with Crippen LogP contribution in [0.1, 0.15) is 56.4 Å². The SMILES string of the molecule is CC/C(C)=C/c1cc(C)c(C=C(C)C)cc1C. The van der Waals surface area contributed by atoms with Gasteiger partial charge in [0.2, 0.25) is 0 Å². The lowest BCUT2D eigenvalue weighted by Gasteiger charge is -2.08. The van der Waals surface area contributed by atoms with Crippen molar-refractivity contribution in [3.8, 4) is 0 Å². The third-order valence-electron chi connectivity index (χ3n) is 3.06. The second-order valence-electron chi connectivity index (χ2n) is 5.13. The first-order valence-corrected chi connectivity index (χ1v) is 6.37. The van der Waals surface area contributed by atoms with Gasteiger partial charge in [-0.2, -0.15) is 0 Å². The monoisotopic (exact) mass is 228 g/mol. The molecule has 0 aliphatic heterocycles. The standard InChI is InChI=1S/C17H24/c1-7-13(4)9-17-11-14(5)16(8-12(2)3)10-15(17)6/h8-11H,7H2,1-6H3/b13-9+. The van der Waals surface area contributed by atoms with Gasteiger partial charge in [0.05, 0.1) is 0 Å². The fraction of sp³-hybridized carbons (Fsp3) is 0.412. The highest BCUT2D eigenvalue weighted by atomic mass is 14.1. The molecule has 1 aromatic rings. The minimum atomic E-state index is 1.12. The molecule has 0 N–H and O–H groups in total. The molecule has 0 saturated carbocycles. The fourth-order valence-corrected chi connectivity index (χ4v) is 1.85. The minimum absolute atomic E-state index is 1.12. The number of hydrogen-bond donors (Lipinski definition) is 0. The number of rotatable bonds is 3. The van der Waals surface area contributed by atoms with E-state index in [4.69, 9.17) is 0 Å². The van der Waals surface area contributed by atoms with Gasteiger partial charge in [-0.15, -0.1) is 0 Å². The Morgan fingerprint density at radius 1 is 0.941 bits per heavy atom. The molecule has 17 heavy (non-hydrogen) atoms. The molecular weight excluding hydrogens is 204 g/mol. The van der Waals surface area contributed by atoms with Crippen molar-refractivity contribution >= 4 is 12.2 Å². The summed E-state index contributed by atoms with van der Waals surface area (Å²) >= 11 is 0. The van der Waals surface area contributed by atoms with E-state index in [1.165, 1.54) is 33.4 Å². The van der Waals surface area contributed by atoms with Crippen molar-refractivity contribution in [2.24, 2.45) is 0 Å². The lowest BCUT2D eigenvalue weighted by molar-refractivity contribution is 1.11. The average Bonchev–Trinajstić information content (AvgIpc) is 2.24. The van der Waals surface area contributed by atoms with Gasteiger partial charge in [0.15, 0.2) is 0 Å². The predicted octanol–water partition coefficient (Wildman–Crippen LogP) is 5.54. The molecule has 0 spiro atoms. The van der Waals surface area contributed by atoms with E-state index in [1.54, 1.807) is 0 Å². The van der Waals surface area contributed by atoms with E-state index in [2.05, 4.69) is 65.8 Å². The first-order valence-electron chi connectivity index (χ1n) is 6.37. The second-order valence-corrected chi connectivity index (χ2v) is 5.13. The Kier molecular flexibility index (Phi) is 4.74. The van der Waals surface area contributed by atoms with Gasteiger partial charge in [0.25, 0.3) is 0 Å². The summed E-state index contributed by atoms with van der Waals surface area (Å²) in [7, 11) is 0. The van der Waals surface area contributed by atoms with Gasteiger partial charge in [-0.25, -0.2) is 0 Å². The highest BCUT2D eigenvalue weighted by Crippen LogP contribution is 2.21. The van der Waals surface area contributed by atoms with Crippen molar-refractivity contribution in [3.63, 3.8) is 0 Å². The van der Waals surface area contributed by atoms with E-state index in [0.717, 1.165) is 6.42 Å². The van der Waals surface area contributed by atoms with Gasteiger partial charge in [0.1, 0.15) is 0 Å². The molecule has 92 valence electrons. The molecule has 1 aromatic carbocycles. The maximum Gasteiger partial charge on any atom is -0.0225 e. The highest BCUT2D eigenvalue weighted by Gasteiger charge is 2.01. The van der Waals surface area contributed by atoms with Gasteiger partial charge >= 0.3 is 0 Å². The normalized spacial score (nSPS) is 11.5. The molecule has 0 heterocycles. The summed E-state index contributed by atoms with van der Waals surface area (Å²) in [4.78, 5) is 0. The van der Waals surface area contributed by atoms with E-state index in [1.807, 2.05) is 0 Å². The number of benzene rings is 1. The number of aryl methyl sites for hydroxylation is 2. The Morgan fingerprint density at radius 2 is 1.41 bits per heavy atom. The summed E-state index contributed by atoms with van der Waals surface area (Å²) in [6, 6.07) is 4.58. The maximum absolute atomic E-state index is 2.30. The van der Waals surface area contributed by atoms with Gasteiger partial charge in [-0.1, -0.05) is 42.4 Å². The molecule has 0 heteroatoms. The van der Waals surface area contributed by atoms with Gasteiger partial charge in [0, 0.05) is 0 Å². The Labute approximate surface area is 106 Å². The third kappa shape index (κ3) is 3.89. The average molecular weight is 228 g/mol. The lowest BCUT2D eigenvalue weighted by atomic mass is 9.97. The van der Waals surface area contributed by atoms with Crippen LogP contribution in [-0.4, -0.2) is 0 Å². The zero-order valence-electron chi connectivity index (χ0n) is 12.0. The molecule has 0 atom stereocenters. The number of hydrogen-bond acceptors (Lipinski definition) is 0. The lowest BCUT2D eigenvalue weighted by Crippen LogP contribution is -1.89. The van der Waals surface area contributed by atoms with Gasteiger partial charge < -0.3 is 0 Å². The quantitative estimate of drug-likeness (QED) is 0.637. The molecule has 0 aliphatic carbocycles. The Balaban J connectivity index is 3.23. The van der Waals surface area contributed by atoms with Crippen LogP contribution < -0.4 is 0 Å².